The molecule has 0 bridgehead atoms. The third-order valence-corrected chi connectivity index (χ3v) is 12.0. The number of hydrogen-bond acceptors (Lipinski definition) is 7. The normalized spacial score (nSPS) is 14.1. The van der Waals surface area contributed by atoms with Gasteiger partial charge >= 0.3 is 5.97 Å². The Hall–Kier alpha value is -1.80. The van der Waals surface area contributed by atoms with E-state index in [0.717, 1.165) is 70.6 Å². The van der Waals surface area contributed by atoms with Crippen molar-refractivity contribution in [2.24, 2.45) is 0 Å². The second-order valence-corrected chi connectivity index (χ2v) is 19.9. The number of allylic oxidation sites excluding steroid dienone is 10. The lowest BCUT2D eigenvalue weighted by Gasteiger charge is -2.28. The first-order chi connectivity index (χ1) is 30.6. The van der Waals surface area contributed by atoms with Gasteiger partial charge in [0.2, 0.25) is 0 Å². The minimum Gasteiger partial charge on any atom is -0.756 e. The molecule has 0 radical (unpaired) electrons. The Morgan fingerprint density at radius 1 is 0.508 bits per heavy atom. The van der Waals surface area contributed by atoms with E-state index in [1.54, 1.807) is 0 Å². The molecule has 0 aliphatic heterocycles. The number of phosphoric ester groups is 1. The van der Waals surface area contributed by atoms with Gasteiger partial charge in [0.1, 0.15) is 19.3 Å². The number of unbranched alkanes of at least 4 members (excludes halogenated alkanes) is 24. The summed E-state index contributed by atoms with van der Waals surface area (Å²) in [7, 11) is 1.34. The zero-order valence-electron chi connectivity index (χ0n) is 41.8. The zero-order valence-corrected chi connectivity index (χ0v) is 42.7. The van der Waals surface area contributed by atoms with Crippen LogP contribution in [0.1, 0.15) is 219 Å². The van der Waals surface area contributed by atoms with Crippen LogP contribution in [0.3, 0.4) is 0 Å². The lowest BCUT2D eigenvalue weighted by Crippen LogP contribution is -2.37. The number of phosphoric acid groups is 1. The summed E-state index contributed by atoms with van der Waals surface area (Å²) in [4.78, 5) is 25.2. The third-order valence-electron chi connectivity index (χ3n) is 11.1. The highest BCUT2D eigenvalue weighted by molar-refractivity contribution is 7.45. The van der Waals surface area contributed by atoms with Crippen LogP contribution in [0, 0.1) is 0 Å². The van der Waals surface area contributed by atoms with Crippen LogP contribution in [0.5, 0.6) is 0 Å². The maximum Gasteiger partial charge on any atom is 0.306 e. The van der Waals surface area contributed by atoms with Gasteiger partial charge in [-0.05, 0) is 77.0 Å². The molecule has 0 aliphatic rings. The van der Waals surface area contributed by atoms with Crippen molar-refractivity contribution in [3.8, 4) is 0 Å². The highest BCUT2D eigenvalue weighted by Gasteiger charge is 2.20. The van der Waals surface area contributed by atoms with Crippen LogP contribution in [0.4, 0.5) is 0 Å². The van der Waals surface area contributed by atoms with Crippen LogP contribution < -0.4 is 4.89 Å². The van der Waals surface area contributed by atoms with Crippen molar-refractivity contribution in [1.29, 1.82) is 0 Å². The number of carbonyl (C=O) groups excluding carboxylic acids is 1. The Kier molecular flexibility index (Phi) is 45.4. The van der Waals surface area contributed by atoms with Crippen LogP contribution in [-0.2, 0) is 27.9 Å². The summed E-state index contributed by atoms with van der Waals surface area (Å²) in [5.74, 6) is -0.340. The summed E-state index contributed by atoms with van der Waals surface area (Å²) in [6.45, 7) is 5.27. The van der Waals surface area contributed by atoms with Crippen molar-refractivity contribution in [3.63, 3.8) is 0 Å². The predicted molar refractivity (Wildman–Crippen MR) is 268 cm³/mol. The van der Waals surface area contributed by atoms with E-state index >= 15 is 0 Å². The van der Waals surface area contributed by atoms with Crippen LogP contribution in [0.25, 0.3) is 0 Å². The van der Waals surface area contributed by atoms with Gasteiger partial charge in [-0.3, -0.25) is 9.36 Å². The van der Waals surface area contributed by atoms with Gasteiger partial charge in [-0.15, -0.1) is 0 Å². The molecule has 0 aromatic carbocycles. The van der Waals surface area contributed by atoms with Gasteiger partial charge in [-0.2, -0.15) is 0 Å². The van der Waals surface area contributed by atoms with Gasteiger partial charge in [0.25, 0.3) is 7.82 Å². The largest absolute Gasteiger partial charge is 0.756 e. The van der Waals surface area contributed by atoms with Crippen molar-refractivity contribution in [2.45, 2.75) is 225 Å². The average molecular weight is 906 g/mol. The van der Waals surface area contributed by atoms with Crippen molar-refractivity contribution < 1.29 is 37.3 Å². The number of hydrogen-bond donors (Lipinski definition) is 0. The molecule has 0 rings (SSSR count). The number of likely N-dealkylation sites (N-methyl/N-ethyl adjacent to an activating group) is 1. The molecule has 0 fully saturated rings. The number of ether oxygens (including phenoxy) is 2. The Morgan fingerprint density at radius 2 is 0.921 bits per heavy atom. The fraction of sp³-hybridized carbons (Fsp3) is 0.796. The summed E-state index contributed by atoms with van der Waals surface area (Å²) < 4.78 is 34.7. The van der Waals surface area contributed by atoms with E-state index in [9.17, 15) is 14.3 Å². The molecule has 0 aromatic heterocycles. The maximum atomic E-state index is 12.8. The molecule has 0 N–H and O–H groups in total. The number of carbonyl (C=O) groups is 1. The van der Waals surface area contributed by atoms with Gasteiger partial charge in [-0.25, -0.2) is 0 Å². The zero-order chi connectivity index (χ0) is 46.2. The van der Waals surface area contributed by atoms with Gasteiger partial charge in [0.15, 0.2) is 0 Å². The Labute approximate surface area is 390 Å². The van der Waals surface area contributed by atoms with E-state index < -0.39 is 13.9 Å². The Morgan fingerprint density at radius 3 is 1.38 bits per heavy atom. The van der Waals surface area contributed by atoms with Crippen molar-refractivity contribution in [1.82, 2.24) is 0 Å². The minimum atomic E-state index is -4.54. The van der Waals surface area contributed by atoms with Crippen LogP contribution in [0.15, 0.2) is 60.8 Å². The van der Waals surface area contributed by atoms with Crippen molar-refractivity contribution >= 4 is 13.8 Å². The quantitative estimate of drug-likeness (QED) is 0.0197. The molecule has 0 aromatic rings. The third kappa shape index (κ3) is 51.1. The molecule has 2 unspecified atom stereocenters. The number of rotatable bonds is 48. The lowest BCUT2D eigenvalue weighted by molar-refractivity contribution is -0.870. The second kappa shape index (κ2) is 46.7. The first-order valence-corrected chi connectivity index (χ1v) is 27.5. The van der Waals surface area contributed by atoms with Crippen LogP contribution >= 0.6 is 7.82 Å². The highest BCUT2D eigenvalue weighted by atomic mass is 31.2. The molecule has 63 heavy (non-hydrogen) atoms. The molecule has 368 valence electrons. The van der Waals surface area contributed by atoms with Gasteiger partial charge < -0.3 is 27.9 Å². The summed E-state index contributed by atoms with van der Waals surface area (Å²) in [5, 5.41) is 0. The molecule has 0 saturated heterocycles. The second-order valence-electron chi connectivity index (χ2n) is 18.5. The standard InChI is InChI=1S/C54H100NO7P/c1-6-8-10-12-14-16-18-20-22-24-25-26-27-28-29-30-31-32-33-35-37-39-41-43-45-47-54(56)62-53(52-61-63(57,58)60-50-48-55(3,4)5)51-59-49-46-44-42-40-38-36-34-23-21-19-17-15-13-11-9-7-2/h9,11,15,17-18,20-21,23-25,53H,6-8,10,12-14,16,19,22,26-52H2,1-5H3/b11-9-,17-15-,20-18-,23-21-,25-24-. The fourth-order valence-electron chi connectivity index (χ4n) is 7.06. The summed E-state index contributed by atoms with van der Waals surface area (Å²) in [5.41, 5.74) is 0. The molecule has 8 nitrogen and oxygen atoms in total. The molecule has 9 heteroatoms. The van der Waals surface area contributed by atoms with E-state index in [-0.39, 0.29) is 25.8 Å². The van der Waals surface area contributed by atoms with Gasteiger partial charge in [-0.1, -0.05) is 197 Å². The summed E-state index contributed by atoms with van der Waals surface area (Å²) in [6, 6.07) is 0. The van der Waals surface area contributed by atoms with Crippen molar-refractivity contribution in [3.05, 3.63) is 60.8 Å². The minimum absolute atomic E-state index is 0.0214. The molecule has 2 atom stereocenters. The Bertz CT molecular complexity index is 1190. The molecular weight excluding hydrogens is 806 g/mol. The SMILES string of the molecule is CC/C=C\C/C=C\C/C=C\CCCCCCCCOCC(COP(=O)([O-])OCC[N+](C)(C)C)OC(=O)CCCCCCCCCCCCCCC/C=C\C/C=C\CCCCCCC. The summed E-state index contributed by atoms with van der Waals surface area (Å²) in [6.07, 6.45) is 59.6. The smallest absolute Gasteiger partial charge is 0.306 e. The van der Waals surface area contributed by atoms with Crippen molar-refractivity contribution in [2.75, 3.05) is 54.1 Å². The average Bonchev–Trinajstić information content (AvgIpc) is 3.24. The molecule has 0 spiro atoms. The van der Waals surface area contributed by atoms with E-state index in [0.29, 0.717) is 24.1 Å². The number of nitrogens with zero attached hydrogens (tertiary/aromatic N) is 1. The fourth-order valence-corrected chi connectivity index (χ4v) is 7.79. The highest BCUT2D eigenvalue weighted by Crippen LogP contribution is 2.38. The molecule has 0 aliphatic carbocycles. The van der Waals surface area contributed by atoms with Crippen LogP contribution in [0.2, 0.25) is 0 Å². The molecule has 0 amide bonds. The van der Waals surface area contributed by atoms with Gasteiger partial charge in [0, 0.05) is 13.0 Å². The number of quaternary nitrogens is 1. The molecule has 0 saturated carbocycles. The van der Waals surface area contributed by atoms with E-state index in [2.05, 4.69) is 74.6 Å². The summed E-state index contributed by atoms with van der Waals surface area (Å²) >= 11 is 0. The monoisotopic (exact) mass is 906 g/mol. The molecule has 0 heterocycles. The van der Waals surface area contributed by atoms with Gasteiger partial charge in [0.05, 0.1) is 34.4 Å². The molecular formula is C54H100NO7P. The van der Waals surface area contributed by atoms with E-state index in [1.807, 2.05) is 21.1 Å². The Balaban J connectivity index is 4.11. The first-order valence-electron chi connectivity index (χ1n) is 26.0. The van der Waals surface area contributed by atoms with Crippen LogP contribution in [-0.4, -0.2) is 70.7 Å². The van der Waals surface area contributed by atoms with E-state index in [1.165, 1.54) is 128 Å². The number of esters is 1. The van der Waals surface area contributed by atoms with E-state index in [4.69, 9.17) is 18.5 Å². The predicted octanol–water partition coefficient (Wildman–Crippen LogP) is 15.4. The topological polar surface area (TPSA) is 94.1 Å². The maximum absolute atomic E-state index is 12.8. The first kappa shape index (κ1) is 61.2. The lowest BCUT2D eigenvalue weighted by atomic mass is 10.0.